The third-order valence-corrected chi connectivity index (χ3v) is 5.59. The van der Waals surface area contributed by atoms with Crippen molar-refractivity contribution in [2.45, 2.75) is 53.4 Å². The van der Waals surface area contributed by atoms with Crippen LogP contribution in [0.15, 0.2) is 36.4 Å². The molecule has 0 amide bonds. The fourth-order valence-corrected chi connectivity index (χ4v) is 4.03. The van der Waals surface area contributed by atoms with Crippen molar-refractivity contribution < 1.29 is 33.1 Å². The summed E-state index contributed by atoms with van der Waals surface area (Å²) in [6, 6.07) is 11.8. The Labute approximate surface area is 183 Å². The summed E-state index contributed by atoms with van der Waals surface area (Å²) in [4.78, 5) is 13.0. The third-order valence-electron chi connectivity index (χ3n) is 4.43. The van der Waals surface area contributed by atoms with E-state index < -0.39 is 0 Å². The van der Waals surface area contributed by atoms with Crippen LogP contribution in [0.25, 0.3) is 0 Å². The van der Waals surface area contributed by atoms with E-state index in [4.69, 9.17) is 9.47 Å². The first-order valence-electron chi connectivity index (χ1n) is 9.84. The second-order valence-corrected chi connectivity index (χ2v) is 8.03. The standard InChI is InChI=1S/C23H31O3P.Li/c1-5-7-14-25-19-12-13-21(20(16-19)26-15-8-6-2)27-23(24)22-17(3)10-9-11-18(22)4;/h9-13,16,27H,5-8,14-15H2,1-4H3;/q;+1. The molecule has 2 aromatic carbocycles. The van der Waals surface area contributed by atoms with Gasteiger partial charge in [-0.3, -0.25) is 4.79 Å². The largest absolute Gasteiger partial charge is 1.00 e. The molecule has 1 unspecified atom stereocenters. The molecule has 0 saturated carbocycles. The molecular formula is C23H31LiO3P+. The van der Waals surface area contributed by atoms with Crippen LogP contribution in [0.2, 0.25) is 0 Å². The summed E-state index contributed by atoms with van der Waals surface area (Å²) < 4.78 is 11.8. The first-order valence-corrected chi connectivity index (χ1v) is 10.8. The summed E-state index contributed by atoms with van der Waals surface area (Å²) in [6.07, 6.45) is 4.20. The summed E-state index contributed by atoms with van der Waals surface area (Å²) in [7, 11) is 0.0385. The normalized spacial score (nSPS) is 10.7. The van der Waals surface area contributed by atoms with Crippen LogP contribution in [0.5, 0.6) is 11.5 Å². The number of hydrogen-bond donors (Lipinski definition) is 0. The average Bonchev–Trinajstić information content (AvgIpc) is 2.64. The Morgan fingerprint density at radius 1 is 0.929 bits per heavy atom. The van der Waals surface area contributed by atoms with E-state index in [1.54, 1.807) is 0 Å². The van der Waals surface area contributed by atoms with Crippen LogP contribution in [0, 0.1) is 13.8 Å². The second kappa shape index (κ2) is 13.1. The maximum atomic E-state index is 13.0. The van der Waals surface area contributed by atoms with Gasteiger partial charge in [0.1, 0.15) is 11.5 Å². The van der Waals surface area contributed by atoms with Crippen LogP contribution >= 0.6 is 8.58 Å². The summed E-state index contributed by atoms with van der Waals surface area (Å²) in [6.45, 7) is 9.63. The van der Waals surface area contributed by atoms with Crippen molar-refractivity contribution in [1.82, 2.24) is 0 Å². The third kappa shape index (κ3) is 7.29. The molecule has 146 valence electrons. The van der Waals surface area contributed by atoms with E-state index in [-0.39, 0.29) is 33.0 Å². The molecule has 0 spiro atoms. The maximum Gasteiger partial charge on any atom is 1.00 e. The van der Waals surface area contributed by atoms with Crippen LogP contribution in [0.4, 0.5) is 0 Å². The summed E-state index contributed by atoms with van der Waals surface area (Å²) in [5.74, 6) is 1.58. The Bertz CT molecular complexity index is 741. The molecule has 0 aliphatic rings. The minimum Gasteiger partial charge on any atom is -0.493 e. The molecule has 0 radical (unpaired) electrons. The molecule has 0 aliphatic heterocycles. The quantitative estimate of drug-likeness (QED) is 0.335. The number of benzene rings is 2. The fourth-order valence-electron chi connectivity index (χ4n) is 2.83. The van der Waals surface area contributed by atoms with Gasteiger partial charge in [-0.2, -0.15) is 0 Å². The van der Waals surface area contributed by atoms with Gasteiger partial charge in [0.15, 0.2) is 5.52 Å². The van der Waals surface area contributed by atoms with E-state index in [1.165, 1.54) is 0 Å². The van der Waals surface area contributed by atoms with Gasteiger partial charge in [0.2, 0.25) is 0 Å². The number of carbonyl (C=O) groups excluding carboxylic acids is 1. The predicted molar refractivity (Wildman–Crippen MR) is 115 cm³/mol. The fraction of sp³-hybridized carbons (Fsp3) is 0.435. The van der Waals surface area contributed by atoms with Gasteiger partial charge in [0, 0.05) is 16.9 Å². The first kappa shape index (κ1) is 24.8. The molecule has 2 rings (SSSR count). The van der Waals surface area contributed by atoms with E-state index in [1.807, 2.05) is 50.2 Å². The van der Waals surface area contributed by atoms with Crippen molar-refractivity contribution in [1.29, 1.82) is 0 Å². The minimum atomic E-state index is 0. The van der Waals surface area contributed by atoms with Crippen molar-refractivity contribution in [3.63, 3.8) is 0 Å². The van der Waals surface area contributed by atoms with Crippen LogP contribution in [0.1, 0.15) is 61.0 Å². The molecule has 0 saturated heterocycles. The monoisotopic (exact) mass is 393 g/mol. The maximum absolute atomic E-state index is 13.0. The van der Waals surface area contributed by atoms with Crippen LogP contribution in [-0.4, -0.2) is 18.7 Å². The zero-order valence-corrected chi connectivity index (χ0v) is 18.9. The van der Waals surface area contributed by atoms with Crippen molar-refractivity contribution >= 4 is 19.4 Å². The molecule has 0 heterocycles. The number of unbranched alkanes of at least 4 members (excludes halogenated alkanes) is 2. The van der Waals surface area contributed by atoms with Crippen molar-refractivity contribution in [2.24, 2.45) is 0 Å². The van der Waals surface area contributed by atoms with E-state index >= 15 is 0 Å². The molecular weight excluding hydrogens is 362 g/mol. The Morgan fingerprint density at radius 2 is 1.54 bits per heavy atom. The number of hydrogen-bond acceptors (Lipinski definition) is 3. The van der Waals surface area contributed by atoms with Gasteiger partial charge >= 0.3 is 18.9 Å². The smallest absolute Gasteiger partial charge is 0.493 e. The molecule has 28 heavy (non-hydrogen) atoms. The molecule has 0 bridgehead atoms. The zero-order chi connectivity index (χ0) is 19.6. The van der Waals surface area contributed by atoms with Gasteiger partial charge in [0.05, 0.1) is 13.2 Å². The molecule has 0 aliphatic carbocycles. The van der Waals surface area contributed by atoms with Crippen LogP contribution in [-0.2, 0) is 0 Å². The Hall–Kier alpha value is -1.26. The number of ether oxygens (including phenoxy) is 2. The van der Waals surface area contributed by atoms with E-state index in [0.29, 0.717) is 13.2 Å². The van der Waals surface area contributed by atoms with E-state index in [9.17, 15) is 4.79 Å². The molecule has 0 aromatic heterocycles. The SMILES string of the molecule is CCCCOc1ccc(PC(=O)c2c(C)cccc2C)c(OCCCC)c1.[Li+]. The molecule has 1 atom stereocenters. The van der Waals surface area contributed by atoms with Gasteiger partial charge in [-0.1, -0.05) is 44.9 Å². The number of carbonyl (C=O) groups is 1. The van der Waals surface area contributed by atoms with E-state index in [0.717, 1.165) is 59.2 Å². The molecule has 0 N–H and O–H groups in total. The van der Waals surface area contributed by atoms with Crippen LogP contribution in [0.3, 0.4) is 0 Å². The minimum absolute atomic E-state index is 0. The first-order chi connectivity index (χ1) is 13.1. The molecule has 5 heteroatoms. The van der Waals surface area contributed by atoms with Gasteiger partial charge in [-0.05, 0) is 58.5 Å². The molecule has 2 aromatic rings. The van der Waals surface area contributed by atoms with Crippen molar-refractivity contribution in [2.75, 3.05) is 13.2 Å². The molecule has 3 nitrogen and oxygen atoms in total. The summed E-state index contributed by atoms with van der Waals surface area (Å²) >= 11 is 0. The number of rotatable bonds is 11. The topological polar surface area (TPSA) is 35.5 Å². The number of aryl methyl sites for hydroxylation is 2. The second-order valence-electron chi connectivity index (χ2n) is 6.78. The summed E-state index contributed by atoms with van der Waals surface area (Å²) in [5.41, 5.74) is 3.05. The van der Waals surface area contributed by atoms with Crippen molar-refractivity contribution in [3.8, 4) is 11.5 Å². The van der Waals surface area contributed by atoms with E-state index in [2.05, 4.69) is 13.8 Å². The Morgan fingerprint density at radius 3 is 2.14 bits per heavy atom. The predicted octanol–water partition coefficient (Wildman–Crippen LogP) is 2.81. The summed E-state index contributed by atoms with van der Waals surface area (Å²) in [5, 5.41) is 0.946. The zero-order valence-electron chi connectivity index (χ0n) is 17.9. The Balaban J connectivity index is 0.00000392. The van der Waals surface area contributed by atoms with Crippen molar-refractivity contribution in [3.05, 3.63) is 53.1 Å². The van der Waals surface area contributed by atoms with Crippen LogP contribution < -0.4 is 33.6 Å². The molecule has 0 fully saturated rings. The average molecular weight is 393 g/mol. The Kier molecular flexibility index (Phi) is 11.5. The van der Waals surface area contributed by atoms with Gasteiger partial charge in [-0.15, -0.1) is 0 Å². The van der Waals surface area contributed by atoms with Gasteiger partial charge < -0.3 is 9.47 Å². The van der Waals surface area contributed by atoms with Gasteiger partial charge in [0.25, 0.3) is 0 Å². The van der Waals surface area contributed by atoms with Gasteiger partial charge in [-0.25, -0.2) is 0 Å².